The number of nitrogens with zero attached hydrogens (tertiary/aromatic N) is 1. The molecule has 0 aliphatic carbocycles. The Balaban J connectivity index is 1.07. The summed E-state index contributed by atoms with van der Waals surface area (Å²) in [6, 6.07) is 0.662. The van der Waals surface area contributed by atoms with E-state index < -0.39 is 246 Å². The lowest BCUT2D eigenvalue weighted by Gasteiger charge is -2.46. The van der Waals surface area contributed by atoms with Crippen molar-refractivity contribution in [1.29, 1.82) is 10.8 Å². The van der Waals surface area contributed by atoms with Crippen LogP contribution in [0.25, 0.3) is 0 Å². The van der Waals surface area contributed by atoms with Crippen LogP contribution in [-0.2, 0) is 63.7 Å². The summed E-state index contributed by atoms with van der Waals surface area (Å²) in [4.78, 5) is 100. The van der Waals surface area contributed by atoms with Crippen molar-refractivity contribution < 1.29 is 128 Å². The van der Waals surface area contributed by atoms with Gasteiger partial charge in [0.25, 0.3) is 0 Å². The summed E-state index contributed by atoms with van der Waals surface area (Å²) in [5.41, 5.74) is 0.692. The Morgan fingerprint density at radius 3 is 1.87 bits per heavy atom. The van der Waals surface area contributed by atoms with E-state index in [0.29, 0.717) is 12.0 Å². The highest BCUT2D eigenvalue weighted by atomic mass is 16.7. The molecular formula is C60H88N12O26. The smallest absolute Gasteiger partial charge is 0.305 e. The lowest BCUT2D eigenvalue weighted by atomic mass is 9.92. The van der Waals surface area contributed by atoms with Crippen molar-refractivity contribution in [3.63, 3.8) is 0 Å². The van der Waals surface area contributed by atoms with Crippen LogP contribution in [0, 0.1) is 10.8 Å². The Labute approximate surface area is 559 Å². The van der Waals surface area contributed by atoms with Gasteiger partial charge < -0.3 is 148 Å². The first-order valence-corrected chi connectivity index (χ1v) is 31.9. The highest BCUT2D eigenvalue weighted by Crippen LogP contribution is 2.33. The monoisotopic (exact) mass is 1390 g/mol. The molecule has 38 nitrogen and oxygen atoms in total. The van der Waals surface area contributed by atoms with Crippen molar-refractivity contribution >= 4 is 53.3 Å². The molecule has 6 amide bonds. The van der Waals surface area contributed by atoms with E-state index in [0.717, 1.165) is 17.7 Å². The summed E-state index contributed by atoms with van der Waals surface area (Å²) in [6.07, 6.45) is -30.0. The quantitative estimate of drug-likeness (QED) is 0.0384. The third-order valence-electron chi connectivity index (χ3n) is 17.8. The normalized spacial score (nSPS) is 35.6. The number of hydrogen-bond donors (Lipinski definition) is 24. The fraction of sp³-hybridized carbons (Fsp3) is 0.650. The molecule has 6 heterocycles. The lowest BCUT2D eigenvalue weighted by Crippen LogP contribution is -2.69. The minimum absolute atomic E-state index is 0.0678. The number of guanidine groups is 2. The number of nitrogens with one attached hydrogen (secondary N) is 11. The second kappa shape index (κ2) is 34.4. The predicted octanol–water partition coefficient (Wildman–Crippen LogP) is -11.1. The fourth-order valence-corrected chi connectivity index (χ4v) is 12.0. The van der Waals surface area contributed by atoms with E-state index in [9.17, 15) is 90.4 Å². The third kappa shape index (κ3) is 18.0. The lowest BCUT2D eigenvalue weighted by molar-refractivity contribution is -0.352. The molecule has 0 radical (unpaired) electrons. The number of carbonyl (C=O) groups excluding carboxylic acids is 7. The van der Waals surface area contributed by atoms with Gasteiger partial charge in [0.05, 0.1) is 38.4 Å². The molecule has 6 fully saturated rings. The average molecular weight is 1390 g/mol. The number of rotatable bonds is 22. The second-order valence-electron chi connectivity index (χ2n) is 24.6. The van der Waals surface area contributed by atoms with E-state index >= 15 is 9.59 Å². The number of ether oxygens (including phenoxy) is 6. The minimum atomic E-state index is -2.37. The summed E-state index contributed by atoms with van der Waals surface area (Å²) < 4.78 is 34.1. The molecule has 25 atom stereocenters. The first kappa shape index (κ1) is 76.1. The maximum absolute atomic E-state index is 15.2. The van der Waals surface area contributed by atoms with Crippen LogP contribution in [0.2, 0.25) is 0 Å². The first-order valence-electron chi connectivity index (χ1n) is 31.9. The van der Waals surface area contributed by atoms with Gasteiger partial charge in [0.1, 0.15) is 128 Å². The van der Waals surface area contributed by atoms with Gasteiger partial charge in [-0.25, -0.2) is 0 Å². The molecule has 0 bridgehead atoms. The highest BCUT2D eigenvalue weighted by Gasteiger charge is 2.55. The summed E-state index contributed by atoms with van der Waals surface area (Å²) in [5, 5.41) is 182. The molecule has 0 saturated carbocycles. The first-order chi connectivity index (χ1) is 46.7. The predicted molar refractivity (Wildman–Crippen MR) is 330 cm³/mol. The molecule has 6 aliphatic rings. The zero-order valence-corrected chi connectivity index (χ0v) is 53.2. The average Bonchev–Trinajstić information content (AvgIpc) is 1.45. The van der Waals surface area contributed by atoms with Crippen molar-refractivity contribution in [2.24, 2.45) is 0 Å². The van der Waals surface area contributed by atoms with Gasteiger partial charge in [-0.15, -0.1) is 0 Å². The van der Waals surface area contributed by atoms with E-state index in [-0.39, 0.29) is 30.2 Å². The standard InChI is InChI=1S/C60H88N12O26/c1-3-4-6-11-36(77)93-23-34-43(81)45(83)48(86)58(97-34)98-50-33(22-75)96-57(49(87)46(50)84)94-27-14-12-25(13-15-27)16-28-52(89)70-38(40(78)29-17-64-59(61)68-29)55(92)71-39(41(79)31-18-65-60(62)72(31)56-47(85)44(82)42(80)32(21-74)95-56)54(91)67-30(20-73)51(88)63-19-35(76)69-37(53(90)66-28)24(2)26-9-7-5-8-10-26/h5,7-10,12-15,24,28-34,37-50,56-58,73-75,78-87H,3-4,6,11,16-23H2,1-2H3,(H2,62,65)(H,63,88)(H,66,90)(H,67,91)(H,69,76)(H,70,89)(H,71,92)(H3,61,64,68). The van der Waals surface area contributed by atoms with Crippen molar-refractivity contribution in [3.8, 4) is 5.75 Å². The number of esters is 1. The van der Waals surface area contributed by atoms with Crippen LogP contribution < -0.4 is 52.6 Å². The van der Waals surface area contributed by atoms with Crippen LogP contribution in [0.3, 0.4) is 0 Å². The molecule has 6 aliphatic heterocycles. The van der Waals surface area contributed by atoms with Gasteiger partial charge in [0.2, 0.25) is 41.7 Å². The molecule has 2 aromatic rings. The topological polar surface area (TPSA) is 597 Å². The second-order valence-corrected chi connectivity index (χ2v) is 24.6. The van der Waals surface area contributed by atoms with E-state index in [4.69, 9.17) is 39.2 Å². The molecule has 6 saturated heterocycles. The largest absolute Gasteiger partial charge is 0.463 e. The SMILES string of the molecule is CCCCCC(=O)OCC1OC(OC2C(CO)OC(Oc3ccc(CC4NC(=O)C(C(C)c5ccccc5)NC(=O)CNC(=O)C(CO)NC(=O)C(C(O)C5CNC(=N)N5C5OC(CO)C(O)C(O)C5O)NC(=O)C(C(O)C5CNC(=N)N5)NC4=O)cc3)C(O)C2O)C(O)C(O)C1O. The van der Waals surface area contributed by atoms with Crippen LogP contribution in [0.15, 0.2) is 54.6 Å². The van der Waals surface area contributed by atoms with E-state index in [1.165, 1.54) is 24.3 Å². The maximum atomic E-state index is 15.2. The van der Waals surface area contributed by atoms with Crippen molar-refractivity contribution in [2.75, 3.05) is 46.1 Å². The number of hydrogen-bond acceptors (Lipinski definition) is 28. The Hall–Kier alpha value is -7.61. The number of amides is 6. The summed E-state index contributed by atoms with van der Waals surface area (Å²) >= 11 is 0. The molecule has 0 aromatic heterocycles. The van der Waals surface area contributed by atoms with E-state index in [1.54, 1.807) is 37.3 Å². The van der Waals surface area contributed by atoms with Crippen molar-refractivity contribution in [2.45, 2.75) is 198 Å². The van der Waals surface area contributed by atoms with Gasteiger partial charge in [-0.05, 0) is 29.7 Å². The molecule has 98 heavy (non-hydrogen) atoms. The van der Waals surface area contributed by atoms with Gasteiger partial charge in [-0.3, -0.25) is 44.4 Å². The minimum Gasteiger partial charge on any atom is -0.463 e. The summed E-state index contributed by atoms with van der Waals surface area (Å²) in [5.74, 6) is -9.97. The number of carbonyl (C=O) groups is 7. The molecule has 2 aromatic carbocycles. The number of benzene rings is 2. The molecule has 544 valence electrons. The Morgan fingerprint density at radius 2 is 1.21 bits per heavy atom. The molecular weight excluding hydrogens is 1300 g/mol. The Kier molecular flexibility index (Phi) is 26.8. The zero-order chi connectivity index (χ0) is 71.4. The zero-order valence-electron chi connectivity index (χ0n) is 53.2. The number of aliphatic hydroxyl groups excluding tert-OH is 13. The van der Waals surface area contributed by atoms with Gasteiger partial charge in [0, 0.05) is 31.8 Å². The Morgan fingerprint density at radius 1 is 0.602 bits per heavy atom. The van der Waals surface area contributed by atoms with E-state index in [1.807, 2.05) is 6.92 Å². The van der Waals surface area contributed by atoms with Gasteiger partial charge in [0.15, 0.2) is 24.4 Å². The molecule has 38 heteroatoms. The van der Waals surface area contributed by atoms with Crippen LogP contribution in [0.1, 0.15) is 56.6 Å². The van der Waals surface area contributed by atoms with E-state index in [2.05, 4.69) is 47.9 Å². The van der Waals surface area contributed by atoms with Crippen LogP contribution in [-0.4, -0.2) is 317 Å². The Bertz CT molecular complexity index is 3080. The van der Waals surface area contributed by atoms with Crippen LogP contribution in [0.4, 0.5) is 0 Å². The van der Waals surface area contributed by atoms with Gasteiger partial charge in [-0.2, -0.15) is 0 Å². The van der Waals surface area contributed by atoms with Crippen molar-refractivity contribution in [1.82, 2.24) is 52.8 Å². The third-order valence-corrected chi connectivity index (χ3v) is 17.8. The molecule has 24 N–H and O–H groups in total. The molecule has 0 spiro atoms. The van der Waals surface area contributed by atoms with Gasteiger partial charge >= 0.3 is 5.97 Å². The highest BCUT2D eigenvalue weighted by molar-refractivity contribution is 5.98. The number of aliphatic hydroxyl groups is 13. The van der Waals surface area contributed by atoms with Crippen molar-refractivity contribution in [3.05, 3.63) is 65.7 Å². The fourth-order valence-electron chi connectivity index (χ4n) is 12.0. The molecule has 25 unspecified atom stereocenters. The van der Waals surface area contributed by atoms with Crippen LogP contribution >= 0.6 is 0 Å². The van der Waals surface area contributed by atoms with Crippen LogP contribution in [0.5, 0.6) is 5.75 Å². The summed E-state index contributed by atoms with van der Waals surface area (Å²) in [7, 11) is 0. The summed E-state index contributed by atoms with van der Waals surface area (Å²) in [6.45, 7) is -1.73. The molecule has 8 rings (SSSR count). The van der Waals surface area contributed by atoms with Gasteiger partial charge in [-0.1, -0.05) is 69.2 Å². The maximum Gasteiger partial charge on any atom is 0.305 e. The number of unbranched alkanes of at least 4 members (excludes halogenated alkanes) is 2.